The highest BCUT2D eigenvalue weighted by Gasteiger charge is 2.52. The fourth-order valence-electron chi connectivity index (χ4n) is 2.49. The minimum absolute atomic E-state index is 0.210. The van der Waals surface area contributed by atoms with Crippen LogP contribution in [0.25, 0.3) is 0 Å². The minimum atomic E-state index is -1.10. The molecular weight excluding hydrogens is 368 g/mol. The van der Waals surface area contributed by atoms with Gasteiger partial charge in [0.25, 0.3) is 0 Å². The van der Waals surface area contributed by atoms with Crippen molar-refractivity contribution in [1.82, 2.24) is 0 Å². The summed E-state index contributed by atoms with van der Waals surface area (Å²) < 4.78 is 26.7. The summed E-state index contributed by atoms with van der Waals surface area (Å²) in [4.78, 5) is 45.8. The summed E-state index contributed by atoms with van der Waals surface area (Å²) in [5.74, 6) is -1.81. The minimum Gasteiger partial charge on any atom is -0.463 e. The van der Waals surface area contributed by atoms with Gasteiger partial charge < -0.3 is 23.7 Å². The smallest absolute Gasteiger partial charge is 0.303 e. The maximum absolute atomic E-state index is 11.6. The van der Waals surface area contributed by atoms with Crippen molar-refractivity contribution in [2.75, 3.05) is 12.4 Å². The summed E-state index contributed by atoms with van der Waals surface area (Å²) >= 11 is 1.32. The largest absolute Gasteiger partial charge is 0.463 e. The predicted octanol–water partition coefficient (Wildman–Crippen LogP) is 0.823. The van der Waals surface area contributed by atoms with Crippen molar-refractivity contribution >= 4 is 35.6 Å². The number of carbonyl (C=O) groups excluding carboxylic acids is 4. The fourth-order valence-corrected chi connectivity index (χ4v) is 3.44. The summed E-state index contributed by atoms with van der Waals surface area (Å²) in [6.07, 6.45) is -4.07. The first kappa shape index (κ1) is 22.2. The highest BCUT2D eigenvalue weighted by molar-refractivity contribution is 7.99. The molecule has 10 heteroatoms. The third-order valence-corrected chi connectivity index (χ3v) is 4.32. The Kier molecular flexibility index (Phi) is 8.86. The molecule has 1 aliphatic heterocycles. The van der Waals surface area contributed by atoms with E-state index in [1.807, 2.05) is 6.92 Å². The topological polar surface area (TPSA) is 114 Å². The quantitative estimate of drug-likeness (QED) is 0.455. The number of esters is 4. The van der Waals surface area contributed by atoms with Crippen LogP contribution in [0.1, 0.15) is 34.6 Å². The van der Waals surface area contributed by atoms with Gasteiger partial charge in [0.2, 0.25) is 0 Å². The normalized spacial score (nSPS) is 28.0. The second kappa shape index (κ2) is 10.4. The van der Waals surface area contributed by atoms with Crippen molar-refractivity contribution < 1.29 is 42.9 Å². The zero-order chi connectivity index (χ0) is 19.9. The van der Waals surface area contributed by atoms with Crippen LogP contribution in [-0.2, 0) is 42.9 Å². The Labute approximate surface area is 156 Å². The highest BCUT2D eigenvalue weighted by atomic mass is 32.2. The van der Waals surface area contributed by atoms with E-state index in [2.05, 4.69) is 0 Å². The number of carbonyl (C=O) groups is 4. The maximum atomic E-state index is 11.6. The van der Waals surface area contributed by atoms with Crippen molar-refractivity contribution in [3.63, 3.8) is 0 Å². The molecule has 0 saturated carbocycles. The van der Waals surface area contributed by atoms with E-state index >= 15 is 0 Å². The molecule has 0 spiro atoms. The lowest BCUT2D eigenvalue weighted by atomic mass is 9.99. The molecule has 9 nitrogen and oxygen atoms in total. The van der Waals surface area contributed by atoms with Crippen molar-refractivity contribution in [1.29, 1.82) is 0 Å². The molecule has 0 bridgehead atoms. The van der Waals surface area contributed by atoms with E-state index in [-0.39, 0.29) is 6.61 Å². The molecule has 5 atom stereocenters. The number of hydrogen-bond acceptors (Lipinski definition) is 10. The van der Waals surface area contributed by atoms with Gasteiger partial charge in [-0.3, -0.25) is 19.2 Å². The van der Waals surface area contributed by atoms with Gasteiger partial charge in [0, 0.05) is 27.7 Å². The molecule has 3 unspecified atom stereocenters. The Hall–Kier alpha value is -1.81. The number of ether oxygens (including phenoxy) is 5. The van der Waals surface area contributed by atoms with Crippen LogP contribution in [0.5, 0.6) is 0 Å². The van der Waals surface area contributed by atoms with Gasteiger partial charge in [-0.05, 0) is 5.75 Å². The van der Waals surface area contributed by atoms with Crippen LogP contribution < -0.4 is 0 Å². The molecule has 1 saturated heterocycles. The van der Waals surface area contributed by atoms with Crippen molar-refractivity contribution in [3.8, 4) is 0 Å². The van der Waals surface area contributed by atoms with Crippen LogP contribution in [0.2, 0.25) is 0 Å². The van der Waals surface area contributed by atoms with E-state index in [0.717, 1.165) is 0 Å². The van der Waals surface area contributed by atoms with E-state index in [1.54, 1.807) is 0 Å². The molecule has 1 fully saturated rings. The molecule has 1 rings (SSSR count). The molecule has 148 valence electrons. The molecule has 0 aliphatic carbocycles. The van der Waals surface area contributed by atoms with Crippen molar-refractivity contribution in [2.24, 2.45) is 0 Å². The fraction of sp³-hybridized carbons (Fsp3) is 0.750. The molecule has 1 heterocycles. The lowest BCUT2D eigenvalue weighted by Gasteiger charge is -2.44. The lowest BCUT2D eigenvalue weighted by Crippen LogP contribution is -2.61. The number of hydrogen-bond donors (Lipinski definition) is 0. The zero-order valence-electron chi connectivity index (χ0n) is 15.4. The van der Waals surface area contributed by atoms with Crippen LogP contribution in [0.4, 0.5) is 0 Å². The first-order valence-electron chi connectivity index (χ1n) is 8.07. The molecular formula is C16H24O9S. The molecule has 0 radical (unpaired) electrons. The standard InChI is InChI=1S/C16H24O9S/c1-6-26-16-15(24-11(5)20)14(23-10(4)19)13(22-9(3)18)12(25-16)7-21-8(2)17/h12-16H,6-7H2,1-5H3/t12?,13-,14?,15?,16-/m0/s1. The van der Waals surface area contributed by atoms with E-state index in [9.17, 15) is 19.2 Å². The van der Waals surface area contributed by atoms with Crippen LogP contribution in [-0.4, -0.2) is 66.1 Å². The second-order valence-corrected chi connectivity index (χ2v) is 6.90. The summed E-state index contributed by atoms with van der Waals surface area (Å²) in [7, 11) is 0. The van der Waals surface area contributed by atoms with Crippen LogP contribution in [0.15, 0.2) is 0 Å². The molecule has 26 heavy (non-hydrogen) atoms. The number of rotatable bonds is 7. The predicted molar refractivity (Wildman–Crippen MR) is 90.1 cm³/mol. The SMILES string of the molecule is CCS[C@@H]1OC(COC(C)=O)[C@H](OC(C)=O)C(OC(C)=O)C1OC(C)=O. The summed E-state index contributed by atoms with van der Waals surface area (Å²) in [5.41, 5.74) is -0.694. The number of thioether (sulfide) groups is 1. The van der Waals surface area contributed by atoms with Gasteiger partial charge in [-0.1, -0.05) is 6.92 Å². The molecule has 0 aromatic carbocycles. The molecule has 1 aliphatic rings. The third-order valence-electron chi connectivity index (χ3n) is 3.28. The van der Waals surface area contributed by atoms with Crippen LogP contribution in [0, 0.1) is 0 Å². The van der Waals surface area contributed by atoms with E-state index in [1.165, 1.54) is 39.5 Å². The van der Waals surface area contributed by atoms with Gasteiger partial charge in [-0.2, -0.15) is 0 Å². The van der Waals surface area contributed by atoms with Gasteiger partial charge in [0.1, 0.15) is 18.1 Å². The third kappa shape index (κ3) is 6.83. The van der Waals surface area contributed by atoms with E-state index in [4.69, 9.17) is 23.7 Å². The Balaban J connectivity index is 3.22. The first-order valence-corrected chi connectivity index (χ1v) is 9.12. The van der Waals surface area contributed by atoms with Crippen molar-refractivity contribution in [2.45, 2.75) is 64.5 Å². The first-order chi connectivity index (χ1) is 12.1. The van der Waals surface area contributed by atoms with Gasteiger partial charge >= 0.3 is 23.9 Å². The van der Waals surface area contributed by atoms with Crippen LogP contribution in [0.3, 0.4) is 0 Å². The van der Waals surface area contributed by atoms with E-state index in [0.29, 0.717) is 5.75 Å². The summed E-state index contributed by atoms with van der Waals surface area (Å²) in [5, 5.41) is 0. The Bertz CT molecular complexity index is 536. The van der Waals surface area contributed by atoms with Gasteiger partial charge in [0.05, 0.1) is 0 Å². The Morgan fingerprint density at radius 2 is 1.31 bits per heavy atom. The Morgan fingerprint density at radius 1 is 0.808 bits per heavy atom. The molecule has 0 aromatic heterocycles. The van der Waals surface area contributed by atoms with Gasteiger partial charge in [0.15, 0.2) is 18.3 Å². The summed E-state index contributed by atoms with van der Waals surface area (Å²) in [6, 6.07) is 0. The second-order valence-electron chi connectivity index (χ2n) is 5.52. The molecule has 0 amide bonds. The highest BCUT2D eigenvalue weighted by Crippen LogP contribution is 2.34. The monoisotopic (exact) mass is 392 g/mol. The van der Waals surface area contributed by atoms with Gasteiger partial charge in [-0.25, -0.2) is 0 Å². The van der Waals surface area contributed by atoms with Gasteiger partial charge in [-0.15, -0.1) is 11.8 Å². The average molecular weight is 392 g/mol. The molecule has 0 aromatic rings. The van der Waals surface area contributed by atoms with Crippen molar-refractivity contribution in [3.05, 3.63) is 0 Å². The Morgan fingerprint density at radius 3 is 1.77 bits per heavy atom. The lowest BCUT2D eigenvalue weighted by molar-refractivity contribution is -0.237. The van der Waals surface area contributed by atoms with E-state index < -0.39 is 53.7 Å². The zero-order valence-corrected chi connectivity index (χ0v) is 16.2. The molecule has 0 N–H and O–H groups in total. The maximum Gasteiger partial charge on any atom is 0.303 e. The van der Waals surface area contributed by atoms with Crippen LogP contribution >= 0.6 is 11.8 Å². The average Bonchev–Trinajstić information content (AvgIpc) is 2.50. The summed E-state index contributed by atoms with van der Waals surface area (Å²) in [6.45, 7) is 6.48.